The molecule has 0 spiro atoms. The second kappa shape index (κ2) is 6.25. The molecule has 0 amide bonds. The Kier molecular flexibility index (Phi) is 4.32. The van der Waals surface area contributed by atoms with Crippen LogP contribution in [0.3, 0.4) is 0 Å². The number of nitrogens with zero attached hydrogens (tertiary/aromatic N) is 2. The number of carbonyl (C=O) groups is 1. The van der Waals surface area contributed by atoms with E-state index in [-0.39, 0.29) is 29.0 Å². The molecule has 0 N–H and O–H groups in total. The maximum Gasteiger partial charge on any atom is 0.204 e. The number of ether oxygens (including phenoxy) is 2. The zero-order chi connectivity index (χ0) is 16.6. The number of carbonyl (C=O) groups excluding carboxylic acids is 1. The van der Waals surface area contributed by atoms with Gasteiger partial charge in [-0.25, -0.2) is 4.39 Å². The van der Waals surface area contributed by atoms with Crippen molar-refractivity contribution in [2.45, 2.75) is 26.1 Å². The standard InChI is InChI=1S/C16H19FN2O4/c1-9-5-19(6-12(22-9)8-21-3)15-11(7-20)4-13-10(2)18-23-16(13)14(15)17/h4,7,9,12H,5-6,8H2,1-3H3. The quantitative estimate of drug-likeness (QED) is 0.805. The number of aryl methyl sites for hydroxylation is 1. The second-order valence-electron chi connectivity index (χ2n) is 5.82. The van der Waals surface area contributed by atoms with Crippen LogP contribution in [0.2, 0.25) is 0 Å². The van der Waals surface area contributed by atoms with Crippen LogP contribution in [0.4, 0.5) is 10.1 Å². The molecule has 0 bridgehead atoms. The Hall–Kier alpha value is -1.99. The molecule has 1 aromatic carbocycles. The van der Waals surface area contributed by atoms with Crippen LogP contribution in [0, 0.1) is 12.7 Å². The molecule has 0 saturated carbocycles. The minimum absolute atomic E-state index is 0.0746. The maximum absolute atomic E-state index is 14.9. The van der Waals surface area contributed by atoms with Gasteiger partial charge >= 0.3 is 0 Å². The summed E-state index contributed by atoms with van der Waals surface area (Å²) in [7, 11) is 1.59. The summed E-state index contributed by atoms with van der Waals surface area (Å²) in [5, 5.41) is 4.30. The first-order valence-corrected chi connectivity index (χ1v) is 7.48. The molecule has 124 valence electrons. The van der Waals surface area contributed by atoms with E-state index >= 15 is 0 Å². The summed E-state index contributed by atoms with van der Waals surface area (Å²) >= 11 is 0. The molecule has 3 rings (SSSR count). The highest BCUT2D eigenvalue weighted by molar-refractivity contribution is 5.95. The van der Waals surface area contributed by atoms with Crippen molar-refractivity contribution < 1.29 is 23.2 Å². The van der Waals surface area contributed by atoms with Crippen LogP contribution in [0.1, 0.15) is 23.0 Å². The Bertz CT molecular complexity index is 730. The van der Waals surface area contributed by atoms with Gasteiger partial charge < -0.3 is 18.9 Å². The fourth-order valence-corrected chi connectivity index (χ4v) is 3.08. The average Bonchev–Trinajstić information content (AvgIpc) is 2.88. The summed E-state index contributed by atoms with van der Waals surface area (Å²) in [6, 6.07) is 1.62. The van der Waals surface area contributed by atoms with Crippen molar-refractivity contribution in [1.29, 1.82) is 0 Å². The van der Waals surface area contributed by atoms with Crippen molar-refractivity contribution in [1.82, 2.24) is 5.16 Å². The lowest BCUT2D eigenvalue weighted by Gasteiger charge is -2.38. The number of hydrogen-bond acceptors (Lipinski definition) is 6. The third-order valence-electron chi connectivity index (χ3n) is 4.01. The van der Waals surface area contributed by atoms with E-state index in [9.17, 15) is 9.18 Å². The van der Waals surface area contributed by atoms with Gasteiger partial charge in [-0.05, 0) is 19.9 Å². The summed E-state index contributed by atoms with van der Waals surface area (Å²) < 4.78 is 30.9. The molecule has 2 heterocycles. The van der Waals surface area contributed by atoms with E-state index in [1.54, 1.807) is 20.1 Å². The van der Waals surface area contributed by atoms with Gasteiger partial charge in [0.2, 0.25) is 5.58 Å². The monoisotopic (exact) mass is 322 g/mol. The first-order chi connectivity index (χ1) is 11.0. The van der Waals surface area contributed by atoms with Crippen LogP contribution in [0.15, 0.2) is 10.6 Å². The maximum atomic E-state index is 14.9. The Balaban J connectivity index is 2.07. The molecule has 1 aromatic heterocycles. The normalized spacial score (nSPS) is 21.8. The molecular formula is C16H19FN2O4. The Morgan fingerprint density at radius 2 is 2.30 bits per heavy atom. The minimum atomic E-state index is -0.560. The van der Waals surface area contributed by atoms with Gasteiger partial charge in [-0.2, -0.15) is 0 Å². The predicted molar refractivity (Wildman–Crippen MR) is 82.5 cm³/mol. The molecule has 2 aromatic rings. The lowest BCUT2D eigenvalue weighted by molar-refractivity contribution is -0.0512. The predicted octanol–water partition coefficient (Wildman–Crippen LogP) is 2.33. The van der Waals surface area contributed by atoms with Crippen molar-refractivity contribution >= 4 is 22.9 Å². The molecule has 7 heteroatoms. The molecule has 6 nitrogen and oxygen atoms in total. The molecule has 1 aliphatic heterocycles. The van der Waals surface area contributed by atoms with Crippen molar-refractivity contribution in [3.8, 4) is 0 Å². The van der Waals surface area contributed by atoms with Crippen LogP contribution in [-0.4, -0.2) is 50.5 Å². The largest absolute Gasteiger partial charge is 0.382 e. The third kappa shape index (κ3) is 2.82. The Morgan fingerprint density at radius 3 is 3.00 bits per heavy atom. The summed E-state index contributed by atoms with van der Waals surface area (Å²) in [5.41, 5.74) is 1.15. The average molecular weight is 322 g/mol. The van der Waals surface area contributed by atoms with E-state index < -0.39 is 5.82 Å². The molecule has 1 aliphatic rings. The number of anilines is 1. The van der Waals surface area contributed by atoms with Gasteiger partial charge in [-0.1, -0.05) is 5.16 Å². The smallest absolute Gasteiger partial charge is 0.204 e. The fraction of sp³-hybridized carbons (Fsp3) is 0.500. The van der Waals surface area contributed by atoms with Crippen LogP contribution in [0.5, 0.6) is 0 Å². The zero-order valence-corrected chi connectivity index (χ0v) is 13.3. The van der Waals surface area contributed by atoms with Crippen LogP contribution in [0.25, 0.3) is 11.0 Å². The lowest BCUT2D eigenvalue weighted by atomic mass is 10.1. The number of halogens is 1. The molecule has 1 fully saturated rings. The summed E-state index contributed by atoms with van der Waals surface area (Å²) in [5.74, 6) is -0.560. The molecule has 1 saturated heterocycles. The number of morpholine rings is 1. The first kappa shape index (κ1) is 15.9. The van der Waals surface area contributed by atoms with Gasteiger partial charge in [0.1, 0.15) is 0 Å². The third-order valence-corrected chi connectivity index (χ3v) is 4.01. The topological polar surface area (TPSA) is 64.8 Å². The summed E-state index contributed by atoms with van der Waals surface area (Å²) in [6.07, 6.45) is 0.375. The van der Waals surface area contributed by atoms with Gasteiger partial charge in [-0.15, -0.1) is 0 Å². The first-order valence-electron chi connectivity index (χ1n) is 7.48. The highest BCUT2D eigenvalue weighted by Gasteiger charge is 2.30. The van der Waals surface area contributed by atoms with E-state index in [1.807, 2.05) is 11.8 Å². The van der Waals surface area contributed by atoms with Gasteiger partial charge in [-0.3, -0.25) is 4.79 Å². The second-order valence-corrected chi connectivity index (χ2v) is 5.82. The van der Waals surface area contributed by atoms with Gasteiger partial charge in [0.25, 0.3) is 0 Å². The molecule has 2 unspecified atom stereocenters. The fourth-order valence-electron chi connectivity index (χ4n) is 3.08. The molecule has 2 atom stereocenters. The van der Waals surface area contributed by atoms with E-state index in [0.717, 1.165) is 0 Å². The van der Waals surface area contributed by atoms with E-state index in [1.165, 1.54) is 0 Å². The number of methoxy groups -OCH3 is 1. The zero-order valence-electron chi connectivity index (χ0n) is 13.3. The molecule has 23 heavy (non-hydrogen) atoms. The number of aldehydes is 1. The van der Waals surface area contributed by atoms with Gasteiger partial charge in [0, 0.05) is 31.1 Å². The Morgan fingerprint density at radius 1 is 1.52 bits per heavy atom. The van der Waals surface area contributed by atoms with Crippen molar-refractivity contribution in [2.75, 3.05) is 31.7 Å². The number of aromatic nitrogens is 1. The summed E-state index contributed by atoms with van der Waals surface area (Å²) in [4.78, 5) is 13.3. The van der Waals surface area contributed by atoms with Gasteiger partial charge in [0.15, 0.2) is 12.1 Å². The van der Waals surface area contributed by atoms with Crippen LogP contribution in [-0.2, 0) is 9.47 Å². The van der Waals surface area contributed by atoms with E-state index in [2.05, 4.69) is 5.16 Å². The highest BCUT2D eigenvalue weighted by Crippen LogP contribution is 2.34. The lowest BCUT2D eigenvalue weighted by Crippen LogP contribution is -2.49. The van der Waals surface area contributed by atoms with Crippen LogP contribution < -0.4 is 4.90 Å². The van der Waals surface area contributed by atoms with Gasteiger partial charge in [0.05, 0.1) is 30.2 Å². The van der Waals surface area contributed by atoms with E-state index in [0.29, 0.717) is 37.1 Å². The number of rotatable bonds is 4. The van der Waals surface area contributed by atoms with E-state index in [4.69, 9.17) is 14.0 Å². The van der Waals surface area contributed by atoms with Crippen LogP contribution >= 0.6 is 0 Å². The number of benzene rings is 1. The molecule has 0 aliphatic carbocycles. The molecular weight excluding hydrogens is 303 g/mol. The van der Waals surface area contributed by atoms with Crippen molar-refractivity contribution in [2.24, 2.45) is 0 Å². The SMILES string of the molecule is COCC1CN(c2c(C=O)cc3c(C)noc3c2F)CC(C)O1. The van der Waals surface area contributed by atoms with Crippen molar-refractivity contribution in [3.63, 3.8) is 0 Å². The highest BCUT2D eigenvalue weighted by atomic mass is 19.1. The van der Waals surface area contributed by atoms with Crippen molar-refractivity contribution in [3.05, 3.63) is 23.1 Å². The summed E-state index contributed by atoms with van der Waals surface area (Å²) in [6.45, 7) is 4.95. The minimum Gasteiger partial charge on any atom is -0.382 e. The molecule has 0 radical (unpaired) electrons. The number of fused-ring (bicyclic) bond motifs is 1. The Labute approximate surface area is 133 Å². The number of hydrogen-bond donors (Lipinski definition) is 0.